The van der Waals surface area contributed by atoms with Gasteiger partial charge in [0.05, 0.1) is 6.61 Å². The maximum atomic E-state index is 12.3. The van der Waals surface area contributed by atoms with E-state index < -0.39 is 0 Å². The average molecular weight is 276 g/mol. The van der Waals surface area contributed by atoms with E-state index in [-0.39, 0.29) is 5.91 Å². The maximum absolute atomic E-state index is 12.3. The molecule has 1 aromatic rings. The predicted molar refractivity (Wildman–Crippen MR) is 80.2 cm³/mol. The minimum Gasteiger partial charge on any atom is -0.494 e. The first kappa shape index (κ1) is 14.9. The first-order valence-corrected chi connectivity index (χ1v) is 7.44. The number of hydrogen-bond acceptors (Lipinski definition) is 3. The molecule has 4 heteroatoms. The summed E-state index contributed by atoms with van der Waals surface area (Å²) in [5.41, 5.74) is 0.740. The molecule has 0 aromatic heterocycles. The van der Waals surface area contributed by atoms with E-state index in [9.17, 15) is 4.79 Å². The minimum atomic E-state index is 0.114. The zero-order valence-electron chi connectivity index (χ0n) is 12.4. The van der Waals surface area contributed by atoms with E-state index >= 15 is 0 Å². The average Bonchev–Trinajstić information content (AvgIpc) is 2.96. The van der Waals surface area contributed by atoms with Crippen molar-refractivity contribution in [2.24, 2.45) is 0 Å². The van der Waals surface area contributed by atoms with E-state index in [0.717, 1.165) is 50.3 Å². The van der Waals surface area contributed by atoms with Gasteiger partial charge < -0.3 is 15.0 Å². The number of nitrogens with zero attached hydrogens (tertiary/aromatic N) is 1. The van der Waals surface area contributed by atoms with Crippen molar-refractivity contribution in [1.29, 1.82) is 0 Å². The maximum Gasteiger partial charge on any atom is 0.253 e. The van der Waals surface area contributed by atoms with Crippen molar-refractivity contribution in [2.75, 3.05) is 26.7 Å². The lowest BCUT2D eigenvalue weighted by Crippen LogP contribution is -2.33. The Labute approximate surface area is 121 Å². The Bertz CT molecular complexity index is 431. The number of likely N-dealkylation sites (N-methyl/N-ethyl adjacent to an activating group) is 1. The Morgan fingerprint density at radius 3 is 2.75 bits per heavy atom. The van der Waals surface area contributed by atoms with Gasteiger partial charge in [-0.2, -0.15) is 0 Å². The Balaban J connectivity index is 1.90. The highest BCUT2D eigenvalue weighted by molar-refractivity contribution is 5.94. The van der Waals surface area contributed by atoms with E-state index in [1.165, 1.54) is 0 Å². The molecule has 1 fully saturated rings. The molecule has 0 aliphatic carbocycles. The lowest BCUT2D eigenvalue weighted by atomic mass is 10.2. The Hall–Kier alpha value is -1.55. The monoisotopic (exact) mass is 276 g/mol. The molecule has 1 heterocycles. The number of rotatable bonds is 6. The highest BCUT2D eigenvalue weighted by Crippen LogP contribution is 2.17. The van der Waals surface area contributed by atoms with Gasteiger partial charge in [0.15, 0.2) is 0 Å². The molecule has 2 rings (SSSR count). The fraction of sp³-hybridized carbons (Fsp3) is 0.562. The van der Waals surface area contributed by atoms with Crippen molar-refractivity contribution in [3.63, 3.8) is 0 Å². The Morgan fingerprint density at radius 1 is 1.40 bits per heavy atom. The summed E-state index contributed by atoms with van der Waals surface area (Å²) < 4.78 is 5.61. The Kier molecular flexibility index (Phi) is 5.41. The predicted octanol–water partition coefficient (Wildman–Crippen LogP) is 2.30. The van der Waals surface area contributed by atoms with Gasteiger partial charge in [0.2, 0.25) is 0 Å². The standard InChI is InChI=1S/C16H24N2O2/c1-3-4-11-20-15-7-5-13(6-8-15)16(19)18-10-9-14(12-18)17-2/h5-8,14,17H,3-4,9-12H2,1-2H3. The third-order valence-electron chi connectivity index (χ3n) is 3.75. The van der Waals surface area contributed by atoms with Crippen molar-refractivity contribution in [3.8, 4) is 5.75 Å². The molecular formula is C16H24N2O2. The number of benzene rings is 1. The van der Waals surface area contributed by atoms with Gasteiger partial charge in [0.1, 0.15) is 5.75 Å². The number of hydrogen-bond donors (Lipinski definition) is 1. The number of ether oxygens (including phenoxy) is 1. The van der Waals surface area contributed by atoms with Gasteiger partial charge in [-0.05, 0) is 44.2 Å². The summed E-state index contributed by atoms with van der Waals surface area (Å²) in [6, 6.07) is 7.91. The molecule has 0 radical (unpaired) electrons. The van der Waals surface area contributed by atoms with Crippen LogP contribution in [0.25, 0.3) is 0 Å². The van der Waals surface area contributed by atoms with Crippen LogP contribution in [0.2, 0.25) is 0 Å². The largest absolute Gasteiger partial charge is 0.494 e. The van der Waals surface area contributed by atoms with E-state index in [1.54, 1.807) is 0 Å². The topological polar surface area (TPSA) is 41.6 Å². The lowest BCUT2D eigenvalue weighted by molar-refractivity contribution is 0.0789. The highest BCUT2D eigenvalue weighted by Gasteiger charge is 2.25. The van der Waals surface area contributed by atoms with Crippen molar-refractivity contribution in [2.45, 2.75) is 32.2 Å². The smallest absolute Gasteiger partial charge is 0.253 e. The fourth-order valence-electron chi connectivity index (χ4n) is 2.39. The van der Waals surface area contributed by atoms with Crippen molar-refractivity contribution >= 4 is 5.91 Å². The van der Waals surface area contributed by atoms with Crippen molar-refractivity contribution in [1.82, 2.24) is 10.2 Å². The molecular weight excluding hydrogens is 252 g/mol. The van der Waals surface area contributed by atoms with Crippen LogP contribution in [0.3, 0.4) is 0 Å². The van der Waals surface area contributed by atoms with Gasteiger partial charge in [-0.1, -0.05) is 13.3 Å². The molecule has 1 unspecified atom stereocenters. The lowest BCUT2D eigenvalue weighted by Gasteiger charge is -2.16. The second-order valence-corrected chi connectivity index (χ2v) is 5.25. The van der Waals surface area contributed by atoms with Gasteiger partial charge in [-0.15, -0.1) is 0 Å². The normalized spacial score (nSPS) is 18.3. The number of amides is 1. The molecule has 1 aromatic carbocycles. The molecule has 1 aliphatic heterocycles. The summed E-state index contributed by atoms with van der Waals surface area (Å²) in [7, 11) is 1.95. The van der Waals surface area contributed by atoms with Crippen LogP contribution >= 0.6 is 0 Å². The van der Waals surface area contributed by atoms with Crippen molar-refractivity contribution in [3.05, 3.63) is 29.8 Å². The third kappa shape index (κ3) is 3.73. The van der Waals surface area contributed by atoms with Gasteiger partial charge in [0.25, 0.3) is 5.91 Å². The number of unbranched alkanes of at least 4 members (excludes halogenated alkanes) is 1. The van der Waals surface area contributed by atoms with E-state index in [0.29, 0.717) is 6.04 Å². The van der Waals surface area contributed by atoms with Gasteiger partial charge >= 0.3 is 0 Å². The summed E-state index contributed by atoms with van der Waals surface area (Å²) in [6.07, 6.45) is 3.21. The van der Waals surface area contributed by atoms with Crippen LogP contribution < -0.4 is 10.1 Å². The third-order valence-corrected chi connectivity index (χ3v) is 3.75. The molecule has 110 valence electrons. The van der Waals surface area contributed by atoms with Gasteiger partial charge in [0, 0.05) is 24.7 Å². The summed E-state index contributed by atoms with van der Waals surface area (Å²) in [5, 5.41) is 3.22. The second-order valence-electron chi connectivity index (χ2n) is 5.25. The van der Waals surface area contributed by atoms with E-state index in [2.05, 4.69) is 12.2 Å². The second kappa shape index (κ2) is 7.29. The molecule has 20 heavy (non-hydrogen) atoms. The molecule has 1 amide bonds. The molecule has 1 saturated heterocycles. The SMILES string of the molecule is CCCCOc1ccc(C(=O)N2CCC(NC)C2)cc1. The molecule has 0 saturated carbocycles. The molecule has 1 atom stereocenters. The fourth-order valence-corrected chi connectivity index (χ4v) is 2.39. The van der Waals surface area contributed by atoms with Crippen LogP contribution in [0.15, 0.2) is 24.3 Å². The van der Waals surface area contributed by atoms with Crippen LogP contribution in [0.4, 0.5) is 0 Å². The van der Waals surface area contributed by atoms with Crippen LogP contribution in [0.5, 0.6) is 5.75 Å². The van der Waals surface area contributed by atoms with Gasteiger partial charge in [-0.3, -0.25) is 4.79 Å². The van der Waals surface area contributed by atoms with Crippen LogP contribution in [0, 0.1) is 0 Å². The minimum absolute atomic E-state index is 0.114. The Morgan fingerprint density at radius 2 is 2.15 bits per heavy atom. The number of nitrogens with one attached hydrogen (secondary N) is 1. The summed E-state index contributed by atoms with van der Waals surface area (Å²) in [5.74, 6) is 0.951. The first-order valence-electron chi connectivity index (χ1n) is 7.44. The van der Waals surface area contributed by atoms with E-state index in [4.69, 9.17) is 4.74 Å². The zero-order chi connectivity index (χ0) is 14.4. The quantitative estimate of drug-likeness (QED) is 0.811. The van der Waals surface area contributed by atoms with Gasteiger partial charge in [-0.25, -0.2) is 0 Å². The molecule has 4 nitrogen and oxygen atoms in total. The van der Waals surface area contributed by atoms with Crippen LogP contribution in [0.1, 0.15) is 36.5 Å². The molecule has 1 aliphatic rings. The zero-order valence-corrected chi connectivity index (χ0v) is 12.4. The number of carbonyl (C=O) groups is 1. The summed E-state index contributed by atoms with van der Waals surface area (Å²) in [4.78, 5) is 14.2. The van der Waals surface area contributed by atoms with E-state index in [1.807, 2.05) is 36.2 Å². The summed E-state index contributed by atoms with van der Waals surface area (Å²) >= 11 is 0. The number of likely N-dealkylation sites (tertiary alicyclic amines) is 1. The summed E-state index contributed by atoms with van der Waals surface area (Å²) in [6.45, 7) is 4.50. The molecule has 1 N–H and O–H groups in total. The molecule has 0 bridgehead atoms. The van der Waals surface area contributed by atoms with Crippen molar-refractivity contribution < 1.29 is 9.53 Å². The first-order chi connectivity index (χ1) is 9.74. The van der Waals surface area contributed by atoms with Crippen LogP contribution in [-0.4, -0.2) is 43.6 Å². The van der Waals surface area contributed by atoms with Crippen LogP contribution in [-0.2, 0) is 0 Å². The highest BCUT2D eigenvalue weighted by atomic mass is 16.5. The molecule has 0 spiro atoms. The number of carbonyl (C=O) groups excluding carboxylic acids is 1.